The zero-order valence-corrected chi connectivity index (χ0v) is 12.7. The summed E-state index contributed by atoms with van der Waals surface area (Å²) in [4.78, 5) is 7.92. The van der Waals surface area contributed by atoms with Gasteiger partial charge >= 0.3 is 6.18 Å². The van der Waals surface area contributed by atoms with Gasteiger partial charge in [0, 0.05) is 5.39 Å². The van der Waals surface area contributed by atoms with Crippen LogP contribution >= 0.6 is 0 Å². The number of nitrogen functional groups attached to an aromatic ring is 1. The van der Waals surface area contributed by atoms with Gasteiger partial charge in [-0.2, -0.15) is 18.2 Å². The van der Waals surface area contributed by atoms with Gasteiger partial charge in [0.2, 0.25) is 5.95 Å². The van der Waals surface area contributed by atoms with Gasteiger partial charge in [0.05, 0.1) is 23.7 Å². The van der Waals surface area contributed by atoms with Gasteiger partial charge in [0.15, 0.2) is 0 Å². The Kier molecular flexibility index (Phi) is 5.25. The molecule has 0 saturated heterocycles. The molecule has 1 atom stereocenters. The zero-order chi connectivity index (χ0) is 17.0. The summed E-state index contributed by atoms with van der Waals surface area (Å²) in [5.74, 6) is 0.211. The number of alkyl halides is 3. The van der Waals surface area contributed by atoms with Gasteiger partial charge in [-0.3, -0.25) is 0 Å². The third-order valence-electron chi connectivity index (χ3n) is 3.51. The molecule has 2 aromatic rings. The molecule has 5 nitrogen and oxygen atoms in total. The summed E-state index contributed by atoms with van der Waals surface area (Å²) in [6.45, 7) is 1.93. The molecule has 126 valence electrons. The topological polar surface area (TPSA) is 84.1 Å². The molecule has 0 fully saturated rings. The fourth-order valence-electron chi connectivity index (χ4n) is 2.29. The molecule has 0 radical (unpaired) electrons. The maximum Gasteiger partial charge on any atom is 0.416 e. The van der Waals surface area contributed by atoms with E-state index in [0.717, 1.165) is 31.4 Å². The predicted molar refractivity (Wildman–Crippen MR) is 83.0 cm³/mol. The van der Waals surface area contributed by atoms with Crippen molar-refractivity contribution in [2.75, 3.05) is 17.7 Å². The normalized spacial score (nSPS) is 13.3. The Morgan fingerprint density at radius 1 is 1.30 bits per heavy atom. The molecule has 1 heterocycles. The van der Waals surface area contributed by atoms with Crippen LogP contribution in [0.15, 0.2) is 18.2 Å². The van der Waals surface area contributed by atoms with Crippen LogP contribution < -0.4 is 11.1 Å². The van der Waals surface area contributed by atoms with Crippen molar-refractivity contribution in [2.24, 2.45) is 0 Å². The number of halogens is 3. The zero-order valence-electron chi connectivity index (χ0n) is 12.7. The van der Waals surface area contributed by atoms with Gasteiger partial charge in [-0.25, -0.2) is 4.98 Å². The molecule has 4 N–H and O–H groups in total. The fraction of sp³-hybridized carbons (Fsp3) is 0.467. The number of benzene rings is 1. The van der Waals surface area contributed by atoms with Crippen molar-refractivity contribution in [3.63, 3.8) is 0 Å². The Bertz CT molecular complexity index is 676. The number of nitrogens with one attached hydrogen (secondary N) is 1. The van der Waals surface area contributed by atoms with Crippen molar-refractivity contribution in [2.45, 2.75) is 38.4 Å². The van der Waals surface area contributed by atoms with Crippen LogP contribution in [0.1, 0.15) is 31.7 Å². The molecule has 0 aliphatic carbocycles. The standard InChI is InChI=1S/C15H19F3N4O/c1-2-3-4-10(8-23)20-13-11-6-5-9(15(16,17)18)7-12(11)21-14(19)22-13/h5-7,10,23H,2-4,8H2,1H3,(H3,19,20,21,22)/t10-/m1/s1. The lowest BCUT2D eigenvalue weighted by molar-refractivity contribution is -0.137. The second-order valence-corrected chi connectivity index (χ2v) is 5.33. The number of hydrogen-bond acceptors (Lipinski definition) is 5. The van der Waals surface area contributed by atoms with Gasteiger partial charge in [-0.1, -0.05) is 19.8 Å². The number of aliphatic hydroxyl groups excluding tert-OH is 1. The van der Waals surface area contributed by atoms with E-state index in [9.17, 15) is 18.3 Å². The van der Waals surface area contributed by atoms with E-state index in [-0.39, 0.29) is 24.1 Å². The predicted octanol–water partition coefficient (Wildman–Crippen LogP) is 3.19. The van der Waals surface area contributed by atoms with Crippen molar-refractivity contribution in [1.82, 2.24) is 9.97 Å². The highest BCUT2D eigenvalue weighted by Gasteiger charge is 2.31. The van der Waals surface area contributed by atoms with Crippen LogP contribution in [0.3, 0.4) is 0 Å². The highest BCUT2D eigenvalue weighted by Crippen LogP contribution is 2.32. The van der Waals surface area contributed by atoms with Gasteiger partial charge in [-0.05, 0) is 24.6 Å². The molecule has 0 bridgehead atoms. The van der Waals surface area contributed by atoms with Gasteiger partial charge in [0.1, 0.15) is 5.82 Å². The van der Waals surface area contributed by atoms with Gasteiger partial charge in [0.25, 0.3) is 0 Å². The molecule has 23 heavy (non-hydrogen) atoms. The highest BCUT2D eigenvalue weighted by molar-refractivity contribution is 5.90. The Morgan fingerprint density at radius 2 is 2.04 bits per heavy atom. The van der Waals surface area contributed by atoms with E-state index >= 15 is 0 Å². The number of aliphatic hydroxyl groups is 1. The molecule has 0 saturated carbocycles. The lowest BCUT2D eigenvalue weighted by atomic mass is 10.1. The molecule has 0 amide bonds. The number of nitrogens with zero attached hydrogens (tertiary/aromatic N) is 2. The quantitative estimate of drug-likeness (QED) is 0.758. The summed E-state index contributed by atoms with van der Waals surface area (Å²) in [5, 5.41) is 12.9. The number of unbranched alkanes of at least 4 members (excludes halogenated alkanes) is 1. The number of aromatic nitrogens is 2. The molecule has 2 rings (SSSR count). The molecule has 8 heteroatoms. The second-order valence-electron chi connectivity index (χ2n) is 5.33. The van der Waals surface area contributed by atoms with Crippen molar-refractivity contribution in [3.05, 3.63) is 23.8 Å². The second kappa shape index (κ2) is 6.99. The highest BCUT2D eigenvalue weighted by atomic mass is 19.4. The SMILES string of the molecule is CCCC[C@H](CO)Nc1nc(N)nc2cc(C(F)(F)F)ccc12. The van der Waals surface area contributed by atoms with E-state index in [0.29, 0.717) is 11.2 Å². The van der Waals surface area contributed by atoms with Crippen molar-refractivity contribution in [1.29, 1.82) is 0 Å². The lowest BCUT2D eigenvalue weighted by Crippen LogP contribution is -2.24. The van der Waals surface area contributed by atoms with E-state index in [4.69, 9.17) is 5.73 Å². The summed E-state index contributed by atoms with van der Waals surface area (Å²) in [6.07, 6.45) is -1.84. The minimum absolute atomic E-state index is 0.105. The van der Waals surface area contributed by atoms with E-state index in [1.807, 2.05) is 6.92 Å². The monoisotopic (exact) mass is 328 g/mol. The van der Waals surface area contributed by atoms with Crippen molar-refractivity contribution in [3.8, 4) is 0 Å². The first-order valence-electron chi connectivity index (χ1n) is 7.37. The number of nitrogens with two attached hydrogens (primary N) is 1. The average Bonchev–Trinajstić information content (AvgIpc) is 2.49. The van der Waals surface area contributed by atoms with E-state index < -0.39 is 11.7 Å². The van der Waals surface area contributed by atoms with Gasteiger partial charge in [-0.15, -0.1) is 0 Å². The lowest BCUT2D eigenvalue weighted by Gasteiger charge is -2.18. The summed E-state index contributed by atoms with van der Waals surface area (Å²) < 4.78 is 38.4. The van der Waals surface area contributed by atoms with Crippen molar-refractivity contribution < 1.29 is 18.3 Å². The van der Waals surface area contributed by atoms with Crippen molar-refractivity contribution >= 4 is 22.7 Å². The smallest absolute Gasteiger partial charge is 0.394 e. The third kappa shape index (κ3) is 4.22. The first kappa shape index (κ1) is 17.3. The van der Waals surface area contributed by atoms with Crippen LogP contribution in [0.5, 0.6) is 0 Å². The Hall–Kier alpha value is -2.09. The number of hydrogen-bond donors (Lipinski definition) is 3. The molecule has 1 aromatic carbocycles. The largest absolute Gasteiger partial charge is 0.416 e. The minimum atomic E-state index is -4.45. The Labute approximate surface area is 131 Å². The van der Waals surface area contributed by atoms with Crippen LogP contribution in [-0.2, 0) is 6.18 Å². The van der Waals surface area contributed by atoms with Gasteiger partial charge < -0.3 is 16.2 Å². The number of anilines is 2. The average molecular weight is 328 g/mol. The van der Waals surface area contributed by atoms with E-state index in [1.54, 1.807) is 0 Å². The molecule has 0 spiro atoms. The molecule has 0 aliphatic heterocycles. The van der Waals surface area contributed by atoms with Crippen LogP contribution in [-0.4, -0.2) is 27.7 Å². The van der Waals surface area contributed by atoms with Crippen LogP contribution in [0.4, 0.5) is 24.9 Å². The molecule has 0 aliphatic rings. The fourth-order valence-corrected chi connectivity index (χ4v) is 2.29. The summed E-state index contributed by atoms with van der Waals surface area (Å²) in [6, 6.07) is 2.99. The molecular formula is C15H19F3N4O. The maximum absolute atomic E-state index is 12.8. The molecule has 1 aromatic heterocycles. The molecule has 0 unspecified atom stereocenters. The van der Waals surface area contributed by atoms with Crippen LogP contribution in [0.25, 0.3) is 10.9 Å². The summed E-state index contributed by atoms with van der Waals surface area (Å²) in [7, 11) is 0. The maximum atomic E-state index is 12.8. The van der Waals surface area contributed by atoms with E-state index in [2.05, 4.69) is 15.3 Å². The minimum Gasteiger partial charge on any atom is -0.394 e. The third-order valence-corrected chi connectivity index (χ3v) is 3.51. The van der Waals surface area contributed by atoms with E-state index in [1.165, 1.54) is 6.07 Å². The summed E-state index contributed by atoms with van der Waals surface area (Å²) in [5.41, 5.74) is 4.92. The first-order valence-corrected chi connectivity index (χ1v) is 7.37. The number of fused-ring (bicyclic) bond motifs is 1. The Morgan fingerprint density at radius 3 is 2.65 bits per heavy atom. The Balaban J connectivity index is 2.40. The number of rotatable bonds is 6. The summed E-state index contributed by atoms with van der Waals surface area (Å²) >= 11 is 0. The van der Waals surface area contributed by atoms with Crippen LogP contribution in [0, 0.1) is 0 Å². The van der Waals surface area contributed by atoms with Crippen LogP contribution in [0.2, 0.25) is 0 Å². The molecular weight excluding hydrogens is 309 g/mol. The first-order chi connectivity index (χ1) is 10.8.